The van der Waals surface area contributed by atoms with Crippen molar-refractivity contribution in [3.8, 4) is 23.0 Å². The second-order valence-corrected chi connectivity index (χ2v) is 8.81. The highest BCUT2D eigenvalue weighted by Crippen LogP contribution is 2.57. The van der Waals surface area contributed by atoms with E-state index in [9.17, 15) is 14.9 Å². The van der Waals surface area contributed by atoms with Crippen LogP contribution in [0.1, 0.15) is 32.6 Å². The highest BCUT2D eigenvalue weighted by Gasteiger charge is 2.53. The average Bonchev–Trinajstić information content (AvgIpc) is 3.23. The Morgan fingerprint density at radius 3 is 2.24 bits per heavy atom. The Morgan fingerprint density at radius 1 is 0.868 bits per heavy atom. The van der Waals surface area contributed by atoms with E-state index in [-0.39, 0.29) is 12.3 Å². The van der Waals surface area contributed by atoms with Gasteiger partial charge in [0.1, 0.15) is 36.2 Å². The molecule has 1 spiro atoms. The highest BCUT2D eigenvalue weighted by molar-refractivity contribution is 5.97. The van der Waals surface area contributed by atoms with Crippen LogP contribution in [0.5, 0.6) is 23.0 Å². The van der Waals surface area contributed by atoms with Crippen LogP contribution in [0, 0.1) is 10.1 Å². The molecule has 0 fully saturated rings. The maximum Gasteiger partial charge on any atom is 0.340 e. The van der Waals surface area contributed by atoms with Crippen molar-refractivity contribution < 1.29 is 28.7 Å². The van der Waals surface area contributed by atoms with E-state index in [0.29, 0.717) is 57.4 Å². The van der Waals surface area contributed by atoms with Gasteiger partial charge >= 0.3 is 5.97 Å². The molecule has 0 N–H and O–H groups in total. The third kappa shape index (κ3) is 3.66. The predicted molar refractivity (Wildman–Crippen MR) is 138 cm³/mol. The summed E-state index contributed by atoms with van der Waals surface area (Å²) in [6.07, 6.45) is 1.65. The van der Waals surface area contributed by atoms with Crippen molar-refractivity contribution in [3.05, 3.63) is 136 Å². The molecule has 0 radical (unpaired) electrons. The summed E-state index contributed by atoms with van der Waals surface area (Å²) >= 11 is 0. The summed E-state index contributed by atoms with van der Waals surface area (Å²) in [5.74, 6) is 1.49. The normalized spacial score (nSPS) is 16.5. The van der Waals surface area contributed by atoms with E-state index in [1.807, 2.05) is 18.2 Å². The van der Waals surface area contributed by atoms with Crippen LogP contribution in [0.3, 0.4) is 0 Å². The van der Waals surface area contributed by atoms with Crippen LogP contribution in [0.25, 0.3) is 0 Å². The molecule has 6 rings (SSSR count). The van der Waals surface area contributed by atoms with Gasteiger partial charge in [0.05, 0.1) is 16.1 Å². The Morgan fingerprint density at radius 2 is 1.53 bits per heavy atom. The molecule has 4 aromatic rings. The number of benzene rings is 4. The Hall–Kier alpha value is -5.11. The minimum Gasteiger partial charge on any atom is -0.489 e. The first-order valence-electron chi connectivity index (χ1n) is 11.9. The fourth-order valence-corrected chi connectivity index (χ4v) is 4.94. The van der Waals surface area contributed by atoms with E-state index in [1.165, 1.54) is 6.07 Å². The van der Waals surface area contributed by atoms with Crippen LogP contribution in [0.2, 0.25) is 0 Å². The van der Waals surface area contributed by atoms with Gasteiger partial charge < -0.3 is 18.9 Å². The number of nitro benzene ring substituents is 1. The summed E-state index contributed by atoms with van der Waals surface area (Å²) in [5.41, 5.74) is 1.71. The zero-order chi connectivity index (χ0) is 26.3. The zero-order valence-electron chi connectivity index (χ0n) is 20.1. The molecule has 188 valence electrons. The van der Waals surface area contributed by atoms with E-state index in [2.05, 4.69) is 6.58 Å². The Bertz CT molecular complexity index is 1610. The molecule has 0 aromatic heterocycles. The van der Waals surface area contributed by atoms with Crippen LogP contribution in [0.4, 0.5) is 5.69 Å². The molecule has 0 saturated heterocycles. The van der Waals surface area contributed by atoms with Crippen molar-refractivity contribution >= 4 is 11.7 Å². The first-order valence-corrected chi connectivity index (χ1v) is 11.9. The SMILES string of the molecule is C=CCOc1ccc2c(c1)Oc1cc(OCc3ccccc3[N+](=O)[O-])ccc1C21OC(=O)c2ccccc21. The van der Waals surface area contributed by atoms with Gasteiger partial charge in [0, 0.05) is 34.9 Å². The van der Waals surface area contributed by atoms with Crippen molar-refractivity contribution in [2.45, 2.75) is 12.2 Å². The number of rotatable bonds is 7. The van der Waals surface area contributed by atoms with E-state index in [0.717, 1.165) is 0 Å². The molecule has 38 heavy (non-hydrogen) atoms. The molecule has 8 heteroatoms. The zero-order valence-corrected chi connectivity index (χ0v) is 20.1. The van der Waals surface area contributed by atoms with Crippen LogP contribution < -0.4 is 14.2 Å². The van der Waals surface area contributed by atoms with Crippen molar-refractivity contribution in [1.29, 1.82) is 0 Å². The predicted octanol–water partition coefficient (Wildman–Crippen LogP) is 6.31. The summed E-state index contributed by atoms with van der Waals surface area (Å²) in [7, 11) is 0. The molecule has 8 nitrogen and oxygen atoms in total. The molecule has 0 aliphatic carbocycles. The maximum atomic E-state index is 13.0. The minimum atomic E-state index is -1.22. The number of carbonyl (C=O) groups excluding carboxylic acids is 1. The lowest BCUT2D eigenvalue weighted by Crippen LogP contribution is -2.33. The largest absolute Gasteiger partial charge is 0.489 e. The Labute approximate surface area is 217 Å². The van der Waals surface area contributed by atoms with Crippen LogP contribution >= 0.6 is 0 Å². The molecule has 2 heterocycles. The van der Waals surface area contributed by atoms with E-state index in [1.54, 1.807) is 66.7 Å². The van der Waals surface area contributed by atoms with Crippen molar-refractivity contribution in [1.82, 2.24) is 0 Å². The number of ether oxygens (including phenoxy) is 4. The van der Waals surface area contributed by atoms with Crippen molar-refractivity contribution in [3.63, 3.8) is 0 Å². The lowest BCUT2D eigenvalue weighted by molar-refractivity contribution is -0.385. The summed E-state index contributed by atoms with van der Waals surface area (Å²) in [4.78, 5) is 23.9. The van der Waals surface area contributed by atoms with Gasteiger partial charge in [0.25, 0.3) is 5.69 Å². The van der Waals surface area contributed by atoms with Gasteiger partial charge in [-0.3, -0.25) is 10.1 Å². The number of hydrogen-bond donors (Lipinski definition) is 0. The van der Waals surface area contributed by atoms with Gasteiger partial charge in [-0.1, -0.05) is 43.0 Å². The van der Waals surface area contributed by atoms with Crippen molar-refractivity contribution in [2.75, 3.05) is 6.61 Å². The minimum absolute atomic E-state index is 0.00493. The van der Waals surface area contributed by atoms with Gasteiger partial charge in [-0.15, -0.1) is 0 Å². The van der Waals surface area contributed by atoms with Gasteiger partial charge in [0.2, 0.25) is 0 Å². The quantitative estimate of drug-likeness (QED) is 0.125. The molecular weight excluding hydrogens is 486 g/mol. The first kappa shape index (κ1) is 23.3. The third-order valence-electron chi connectivity index (χ3n) is 6.61. The number of carbonyl (C=O) groups is 1. The van der Waals surface area contributed by atoms with Gasteiger partial charge in [-0.25, -0.2) is 4.79 Å². The number of hydrogen-bond acceptors (Lipinski definition) is 7. The van der Waals surface area contributed by atoms with E-state index < -0.39 is 16.5 Å². The average molecular weight is 507 g/mol. The number of fused-ring (bicyclic) bond motifs is 6. The van der Waals surface area contributed by atoms with Crippen molar-refractivity contribution in [2.24, 2.45) is 0 Å². The van der Waals surface area contributed by atoms with E-state index in [4.69, 9.17) is 18.9 Å². The van der Waals surface area contributed by atoms with E-state index >= 15 is 0 Å². The van der Waals surface area contributed by atoms with Gasteiger partial charge in [-0.05, 0) is 36.4 Å². The number of nitrogens with zero attached hydrogens (tertiary/aromatic N) is 1. The number of para-hydroxylation sites is 1. The van der Waals surface area contributed by atoms with Crippen LogP contribution in [0.15, 0.2) is 97.6 Å². The second-order valence-electron chi connectivity index (χ2n) is 8.81. The lowest BCUT2D eigenvalue weighted by Gasteiger charge is -2.36. The second kappa shape index (κ2) is 9.08. The summed E-state index contributed by atoms with van der Waals surface area (Å²) in [6.45, 7) is 4.00. The molecule has 0 saturated carbocycles. The molecular formula is C30H21NO7. The fraction of sp³-hybridized carbons (Fsp3) is 0.100. The van der Waals surface area contributed by atoms with Gasteiger partial charge in [0.15, 0.2) is 5.60 Å². The highest BCUT2D eigenvalue weighted by atomic mass is 16.6. The smallest absolute Gasteiger partial charge is 0.340 e. The first-order chi connectivity index (χ1) is 18.5. The topological polar surface area (TPSA) is 97.1 Å². The summed E-state index contributed by atoms with van der Waals surface area (Å²) in [6, 6.07) is 24.3. The molecule has 2 aliphatic rings. The Balaban J connectivity index is 1.43. The van der Waals surface area contributed by atoms with Gasteiger partial charge in [-0.2, -0.15) is 0 Å². The fourth-order valence-electron chi connectivity index (χ4n) is 4.94. The van der Waals surface area contributed by atoms with Crippen LogP contribution in [-0.4, -0.2) is 17.5 Å². The summed E-state index contributed by atoms with van der Waals surface area (Å²) in [5, 5.41) is 11.4. The molecule has 1 atom stereocenters. The monoisotopic (exact) mass is 507 g/mol. The number of nitro groups is 1. The molecule has 4 aromatic carbocycles. The summed E-state index contributed by atoms with van der Waals surface area (Å²) < 4.78 is 24.1. The lowest BCUT2D eigenvalue weighted by atomic mass is 9.77. The van der Waals surface area contributed by atoms with Crippen LogP contribution in [-0.2, 0) is 16.9 Å². The third-order valence-corrected chi connectivity index (χ3v) is 6.61. The number of esters is 1. The molecule has 2 aliphatic heterocycles. The molecule has 0 amide bonds. The molecule has 1 unspecified atom stereocenters. The standard InChI is InChI=1S/C30H21NO7/c1-2-15-35-20-11-13-24-27(16-20)37-28-17-21(36-18-19-7-3-6-10-26(19)31(33)34)12-14-25(28)30(24)23-9-5-4-8-22(23)29(32)38-30/h2-14,16-17H,1,15,18H2. The maximum absolute atomic E-state index is 13.0. The Kier molecular flexibility index (Phi) is 5.57. The molecule has 0 bridgehead atoms.